The van der Waals surface area contributed by atoms with Gasteiger partial charge in [0, 0.05) is 17.5 Å². The van der Waals surface area contributed by atoms with Crippen LogP contribution in [0.4, 0.5) is 4.39 Å². The Morgan fingerprint density at radius 2 is 2.31 bits per heavy atom. The normalized spacial score (nSPS) is 29.6. The van der Waals surface area contributed by atoms with Gasteiger partial charge in [-0.15, -0.1) is 0 Å². The van der Waals surface area contributed by atoms with Gasteiger partial charge < -0.3 is 10.8 Å². The second-order valence-electron chi connectivity index (χ2n) is 4.64. The van der Waals surface area contributed by atoms with Crippen LogP contribution in [0.2, 0.25) is 5.02 Å². The summed E-state index contributed by atoms with van der Waals surface area (Å²) in [7, 11) is 0. The molecule has 2 nitrogen and oxygen atoms in total. The Kier molecular flexibility index (Phi) is 3.19. The van der Waals surface area contributed by atoms with Crippen LogP contribution in [0, 0.1) is 5.82 Å². The zero-order valence-electron chi connectivity index (χ0n) is 8.92. The highest BCUT2D eigenvalue weighted by Crippen LogP contribution is 2.33. The first-order chi connectivity index (χ1) is 7.48. The number of nitrogens with two attached hydrogens (primary N) is 1. The average Bonchev–Trinajstić information content (AvgIpc) is 2.52. The zero-order chi connectivity index (χ0) is 11.8. The van der Waals surface area contributed by atoms with Crippen molar-refractivity contribution in [3.05, 3.63) is 34.6 Å². The third-order valence-electron chi connectivity index (χ3n) is 3.16. The molecule has 1 aliphatic carbocycles. The Bertz CT molecular complexity index is 399. The summed E-state index contributed by atoms with van der Waals surface area (Å²) in [4.78, 5) is 0. The van der Waals surface area contributed by atoms with Gasteiger partial charge in [0.05, 0.1) is 5.60 Å². The van der Waals surface area contributed by atoms with Crippen molar-refractivity contribution in [1.82, 2.24) is 0 Å². The van der Waals surface area contributed by atoms with E-state index in [1.165, 1.54) is 12.1 Å². The van der Waals surface area contributed by atoms with Crippen molar-refractivity contribution in [3.63, 3.8) is 0 Å². The fraction of sp³-hybridized carbons (Fsp3) is 0.500. The Labute approximate surface area is 99.2 Å². The summed E-state index contributed by atoms with van der Waals surface area (Å²) in [6.45, 7) is 0. The van der Waals surface area contributed by atoms with Gasteiger partial charge in [0.2, 0.25) is 0 Å². The minimum absolute atomic E-state index is 0.0595. The topological polar surface area (TPSA) is 46.2 Å². The molecule has 1 aromatic rings. The molecule has 1 fully saturated rings. The first kappa shape index (κ1) is 11.8. The summed E-state index contributed by atoms with van der Waals surface area (Å²) in [6.07, 6.45) is 2.54. The Balaban J connectivity index is 2.14. The lowest BCUT2D eigenvalue weighted by atomic mass is 9.93. The lowest BCUT2D eigenvalue weighted by Crippen LogP contribution is -2.30. The molecular formula is C12H15ClFNO. The highest BCUT2D eigenvalue weighted by atomic mass is 35.5. The predicted octanol–water partition coefficient (Wildman–Crippen LogP) is 2.26. The first-order valence-corrected chi connectivity index (χ1v) is 5.78. The standard InChI is InChI=1S/C12H15ClFNO/c13-11-5-9(14)2-1-8(11)6-12(16)4-3-10(15)7-12/h1-2,5,10,16H,3-4,6-7,15H2. The van der Waals surface area contributed by atoms with E-state index in [-0.39, 0.29) is 11.9 Å². The zero-order valence-corrected chi connectivity index (χ0v) is 9.67. The van der Waals surface area contributed by atoms with Crippen LogP contribution in [0.25, 0.3) is 0 Å². The van der Waals surface area contributed by atoms with Crippen LogP contribution < -0.4 is 5.73 Å². The second-order valence-corrected chi connectivity index (χ2v) is 5.05. The van der Waals surface area contributed by atoms with E-state index in [0.29, 0.717) is 24.3 Å². The quantitative estimate of drug-likeness (QED) is 0.837. The number of aliphatic hydroxyl groups is 1. The van der Waals surface area contributed by atoms with Gasteiger partial charge in [0.1, 0.15) is 5.82 Å². The van der Waals surface area contributed by atoms with Gasteiger partial charge >= 0.3 is 0 Å². The lowest BCUT2D eigenvalue weighted by Gasteiger charge is -2.23. The van der Waals surface area contributed by atoms with E-state index in [9.17, 15) is 9.50 Å². The molecule has 1 aromatic carbocycles. The molecule has 16 heavy (non-hydrogen) atoms. The van der Waals surface area contributed by atoms with E-state index in [1.54, 1.807) is 6.07 Å². The van der Waals surface area contributed by atoms with Crippen molar-refractivity contribution in [2.24, 2.45) is 5.73 Å². The highest BCUT2D eigenvalue weighted by molar-refractivity contribution is 6.31. The summed E-state index contributed by atoms with van der Waals surface area (Å²) < 4.78 is 12.9. The molecule has 3 N–H and O–H groups in total. The molecule has 88 valence electrons. The molecule has 0 aromatic heterocycles. The van der Waals surface area contributed by atoms with E-state index in [4.69, 9.17) is 17.3 Å². The van der Waals surface area contributed by atoms with E-state index >= 15 is 0 Å². The second kappa shape index (κ2) is 4.32. The van der Waals surface area contributed by atoms with E-state index in [2.05, 4.69) is 0 Å². The number of rotatable bonds is 2. The third kappa shape index (κ3) is 2.54. The van der Waals surface area contributed by atoms with Gasteiger partial charge in [-0.3, -0.25) is 0 Å². The Morgan fingerprint density at radius 3 is 2.88 bits per heavy atom. The predicted molar refractivity (Wildman–Crippen MR) is 61.9 cm³/mol. The van der Waals surface area contributed by atoms with Crippen LogP contribution in [0.15, 0.2) is 18.2 Å². The van der Waals surface area contributed by atoms with Gasteiger partial charge in [-0.05, 0) is 37.0 Å². The molecule has 2 unspecified atom stereocenters. The van der Waals surface area contributed by atoms with Crippen LogP contribution in [-0.2, 0) is 6.42 Å². The number of hydrogen-bond acceptors (Lipinski definition) is 2. The van der Waals surface area contributed by atoms with Gasteiger partial charge in [0.25, 0.3) is 0 Å². The van der Waals surface area contributed by atoms with Crippen molar-refractivity contribution >= 4 is 11.6 Å². The summed E-state index contributed by atoms with van der Waals surface area (Å²) in [5, 5.41) is 10.6. The average molecular weight is 244 g/mol. The van der Waals surface area contributed by atoms with E-state index in [1.807, 2.05) is 0 Å². The van der Waals surface area contributed by atoms with E-state index in [0.717, 1.165) is 12.0 Å². The molecule has 1 saturated carbocycles. The summed E-state index contributed by atoms with van der Waals surface area (Å²) in [5.41, 5.74) is 5.77. The molecule has 4 heteroatoms. The highest BCUT2D eigenvalue weighted by Gasteiger charge is 2.36. The maximum Gasteiger partial charge on any atom is 0.124 e. The largest absolute Gasteiger partial charge is 0.389 e. The van der Waals surface area contributed by atoms with Gasteiger partial charge in [-0.25, -0.2) is 4.39 Å². The third-order valence-corrected chi connectivity index (χ3v) is 3.51. The SMILES string of the molecule is NC1CCC(O)(Cc2ccc(F)cc2Cl)C1. The van der Waals surface area contributed by atoms with Crippen LogP contribution in [-0.4, -0.2) is 16.7 Å². The number of benzene rings is 1. The first-order valence-electron chi connectivity index (χ1n) is 5.40. The molecular weight excluding hydrogens is 229 g/mol. The van der Waals surface area contributed by atoms with Gasteiger partial charge in [-0.1, -0.05) is 17.7 Å². The van der Waals surface area contributed by atoms with Crippen LogP contribution in [0.1, 0.15) is 24.8 Å². The van der Waals surface area contributed by atoms with Crippen LogP contribution >= 0.6 is 11.6 Å². The van der Waals surface area contributed by atoms with Crippen molar-refractivity contribution in [1.29, 1.82) is 0 Å². The summed E-state index contributed by atoms with van der Waals surface area (Å²) in [5.74, 6) is -0.358. The maximum atomic E-state index is 12.9. The van der Waals surface area contributed by atoms with Crippen molar-refractivity contribution < 1.29 is 9.50 Å². The van der Waals surface area contributed by atoms with Crippen LogP contribution in [0.5, 0.6) is 0 Å². The molecule has 2 rings (SSSR count). The molecule has 1 aliphatic rings. The fourth-order valence-electron chi connectivity index (χ4n) is 2.33. The van der Waals surface area contributed by atoms with Crippen molar-refractivity contribution in [2.75, 3.05) is 0 Å². The molecule has 2 atom stereocenters. The van der Waals surface area contributed by atoms with Crippen molar-refractivity contribution in [3.8, 4) is 0 Å². The smallest absolute Gasteiger partial charge is 0.124 e. The van der Waals surface area contributed by atoms with Gasteiger partial charge in [-0.2, -0.15) is 0 Å². The molecule has 0 radical (unpaired) electrons. The Hall–Kier alpha value is -0.640. The van der Waals surface area contributed by atoms with Crippen molar-refractivity contribution in [2.45, 2.75) is 37.3 Å². The molecule has 0 spiro atoms. The molecule has 0 heterocycles. The minimum atomic E-state index is -0.777. The Morgan fingerprint density at radius 1 is 1.56 bits per heavy atom. The van der Waals surface area contributed by atoms with Crippen LogP contribution in [0.3, 0.4) is 0 Å². The molecule has 0 bridgehead atoms. The summed E-state index contributed by atoms with van der Waals surface area (Å²) in [6, 6.07) is 4.32. The molecule has 0 saturated heterocycles. The number of halogens is 2. The van der Waals surface area contributed by atoms with Gasteiger partial charge in [0.15, 0.2) is 0 Å². The fourth-order valence-corrected chi connectivity index (χ4v) is 2.56. The summed E-state index contributed by atoms with van der Waals surface area (Å²) >= 11 is 5.92. The minimum Gasteiger partial charge on any atom is -0.389 e. The van der Waals surface area contributed by atoms with E-state index < -0.39 is 5.60 Å². The number of hydrogen-bond donors (Lipinski definition) is 2. The lowest BCUT2D eigenvalue weighted by molar-refractivity contribution is 0.0468. The monoisotopic (exact) mass is 243 g/mol. The molecule has 0 aliphatic heterocycles. The maximum absolute atomic E-state index is 12.9. The molecule has 0 amide bonds.